The van der Waals surface area contributed by atoms with Gasteiger partial charge in [0.25, 0.3) is 5.91 Å². The van der Waals surface area contributed by atoms with Gasteiger partial charge in [0.2, 0.25) is 0 Å². The molecule has 0 aliphatic rings. The van der Waals surface area contributed by atoms with Crippen LogP contribution in [-0.2, 0) is 11.4 Å². The molecule has 3 aromatic rings. The Morgan fingerprint density at radius 1 is 1.10 bits per heavy atom. The maximum absolute atomic E-state index is 12.4. The summed E-state index contributed by atoms with van der Waals surface area (Å²) in [6.45, 7) is 4.23. The molecule has 0 bridgehead atoms. The van der Waals surface area contributed by atoms with Crippen molar-refractivity contribution in [2.75, 3.05) is 5.32 Å². The molecule has 0 radical (unpaired) electrons. The van der Waals surface area contributed by atoms with Crippen LogP contribution < -0.4 is 15.5 Å². The first-order valence-corrected chi connectivity index (χ1v) is 10.4. The van der Waals surface area contributed by atoms with E-state index in [1.807, 2.05) is 79.7 Å². The number of para-hydroxylation sites is 2. The molecule has 0 saturated carbocycles. The fraction of sp³-hybridized carbons (Fsp3) is 0.167. The van der Waals surface area contributed by atoms with Gasteiger partial charge >= 0.3 is 0 Å². The molecule has 0 aromatic heterocycles. The van der Waals surface area contributed by atoms with E-state index < -0.39 is 6.04 Å². The fourth-order valence-electron chi connectivity index (χ4n) is 2.80. The number of anilines is 1. The third kappa shape index (κ3) is 6.19. The number of ether oxygens (including phenoxy) is 1. The van der Waals surface area contributed by atoms with Crippen LogP contribution in [0.25, 0.3) is 0 Å². The number of nitrogens with one attached hydrogen (secondary N) is 2. The molecule has 0 aliphatic carbocycles. The van der Waals surface area contributed by atoms with E-state index >= 15 is 0 Å². The molecule has 6 heteroatoms. The van der Waals surface area contributed by atoms with E-state index in [9.17, 15) is 4.79 Å². The molecule has 3 aromatic carbocycles. The smallest absolute Gasteiger partial charge is 0.262 e. The minimum Gasteiger partial charge on any atom is -0.488 e. The highest BCUT2D eigenvalue weighted by atomic mass is 79.9. The van der Waals surface area contributed by atoms with Crippen LogP contribution in [0.4, 0.5) is 5.69 Å². The Labute approximate surface area is 185 Å². The molecule has 1 unspecified atom stereocenters. The lowest BCUT2D eigenvalue weighted by Gasteiger charge is -2.15. The third-order valence-electron chi connectivity index (χ3n) is 4.49. The lowest BCUT2D eigenvalue weighted by atomic mass is 10.2. The van der Waals surface area contributed by atoms with Crippen molar-refractivity contribution in [1.82, 2.24) is 5.43 Å². The summed E-state index contributed by atoms with van der Waals surface area (Å²) in [4.78, 5) is 12.4. The Kier molecular flexibility index (Phi) is 7.63. The second-order valence-corrected chi connectivity index (χ2v) is 7.79. The molecule has 0 saturated heterocycles. The summed E-state index contributed by atoms with van der Waals surface area (Å²) in [6.07, 6.45) is 1.59. The summed E-state index contributed by atoms with van der Waals surface area (Å²) in [7, 11) is 0. The van der Waals surface area contributed by atoms with Crippen molar-refractivity contribution in [2.24, 2.45) is 5.10 Å². The number of hydrogen-bond donors (Lipinski definition) is 2. The summed E-state index contributed by atoms with van der Waals surface area (Å²) < 4.78 is 6.95. The van der Waals surface area contributed by atoms with Crippen molar-refractivity contribution >= 4 is 33.7 Å². The zero-order chi connectivity index (χ0) is 21.3. The molecule has 0 heterocycles. The molecule has 154 valence electrons. The number of amides is 1. The van der Waals surface area contributed by atoms with Gasteiger partial charge in [0, 0.05) is 15.7 Å². The van der Waals surface area contributed by atoms with E-state index in [1.54, 1.807) is 13.1 Å². The largest absolute Gasteiger partial charge is 0.488 e. The number of aryl methyl sites for hydroxylation is 1. The zero-order valence-electron chi connectivity index (χ0n) is 16.9. The molecule has 3 rings (SSSR count). The summed E-state index contributed by atoms with van der Waals surface area (Å²) in [5.74, 6) is 0.476. The first kappa shape index (κ1) is 21.6. The number of nitrogens with zero attached hydrogens (tertiary/aromatic N) is 1. The molecular formula is C24H24BrN3O2. The molecule has 0 spiro atoms. The zero-order valence-corrected chi connectivity index (χ0v) is 18.5. The van der Waals surface area contributed by atoms with E-state index in [1.165, 1.54) is 0 Å². The van der Waals surface area contributed by atoms with Crippen molar-refractivity contribution < 1.29 is 9.53 Å². The highest BCUT2D eigenvalue weighted by Crippen LogP contribution is 2.19. The number of carbonyl (C=O) groups is 1. The highest BCUT2D eigenvalue weighted by Gasteiger charge is 2.12. The SMILES string of the molecule is Cc1ccccc1NC(C)C(=O)NN=Cc1ccccc1OCc1cccc(Br)c1. The predicted molar refractivity (Wildman–Crippen MR) is 125 cm³/mol. The van der Waals surface area contributed by atoms with Gasteiger partial charge < -0.3 is 10.1 Å². The van der Waals surface area contributed by atoms with E-state index in [-0.39, 0.29) is 5.91 Å². The van der Waals surface area contributed by atoms with E-state index in [4.69, 9.17) is 4.74 Å². The Morgan fingerprint density at radius 3 is 2.67 bits per heavy atom. The van der Waals surface area contributed by atoms with Crippen LogP contribution in [0.3, 0.4) is 0 Å². The third-order valence-corrected chi connectivity index (χ3v) is 4.98. The van der Waals surface area contributed by atoms with Gasteiger partial charge in [0.1, 0.15) is 18.4 Å². The van der Waals surface area contributed by atoms with Gasteiger partial charge in [-0.3, -0.25) is 4.79 Å². The predicted octanol–water partition coefficient (Wildman–Crippen LogP) is 5.29. The van der Waals surface area contributed by atoms with Crippen molar-refractivity contribution in [2.45, 2.75) is 26.5 Å². The van der Waals surface area contributed by atoms with Crippen LogP contribution in [0.5, 0.6) is 5.75 Å². The average Bonchev–Trinajstić information content (AvgIpc) is 2.74. The first-order chi connectivity index (χ1) is 14.5. The fourth-order valence-corrected chi connectivity index (χ4v) is 3.25. The van der Waals surface area contributed by atoms with Crippen molar-refractivity contribution in [3.05, 3.63) is 94.0 Å². The lowest BCUT2D eigenvalue weighted by molar-refractivity contribution is -0.121. The normalized spacial score (nSPS) is 11.8. The van der Waals surface area contributed by atoms with E-state index in [0.29, 0.717) is 12.4 Å². The van der Waals surface area contributed by atoms with Crippen LogP contribution in [-0.4, -0.2) is 18.2 Å². The molecule has 1 atom stereocenters. The van der Waals surface area contributed by atoms with Gasteiger partial charge in [0.05, 0.1) is 6.21 Å². The van der Waals surface area contributed by atoms with Crippen molar-refractivity contribution in [3.8, 4) is 5.75 Å². The molecule has 0 fully saturated rings. The van der Waals surface area contributed by atoms with Crippen LogP contribution in [0, 0.1) is 6.92 Å². The topological polar surface area (TPSA) is 62.7 Å². The summed E-state index contributed by atoms with van der Waals surface area (Å²) in [5.41, 5.74) is 6.43. The summed E-state index contributed by atoms with van der Waals surface area (Å²) in [6, 6.07) is 22.9. The molecule has 2 N–H and O–H groups in total. The standard InChI is InChI=1S/C24H24BrN3O2/c1-17-8-3-5-12-22(17)27-18(2)24(29)28-26-15-20-10-4-6-13-23(20)30-16-19-9-7-11-21(25)14-19/h3-15,18,27H,16H2,1-2H3,(H,28,29). The van der Waals surface area contributed by atoms with Gasteiger partial charge in [-0.25, -0.2) is 5.43 Å². The number of benzene rings is 3. The second kappa shape index (κ2) is 10.6. The number of hydrazone groups is 1. The highest BCUT2D eigenvalue weighted by molar-refractivity contribution is 9.10. The first-order valence-electron chi connectivity index (χ1n) is 9.64. The van der Waals surface area contributed by atoms with Gasteiger partial charge in [0.15, 0.2) is 0 Å². The van der Waals surface area contributed by atoms with Crippen molar-refractivity contribution in [1.29, 1.82) is 0 Å². The molecular weight excluding hydrogens is 442 g/mol. The minimum atomic E-state index is -0.425. The Hall–Kier alpha value is -3.12. The summed E-state index contributed by atoms with van der Waals surface area (Å²) in [5, 5.41) is 7.30. The molecule has 5 nitrogen and oxygen atoms in total. The van der Waals surface area contributed by atoms with Gasteiger partial charge in [-0.1, -0.05) is 58.4 Å². The lowest BCUT2D eigenvalue weighted by Crippen LogP contribution is -2.35. The molecule has 1 amide bonds. The number of halogens is 1. The second-order valence-electron chi connectivity index (χ2n) is 6.87. The van der Waals surface area contributed by atoms with Crippen molar-refractivity contribution in [3.63, 3.8) is 0 Å². The van der Waals surface area contributed by atoms with Gasteiger partial charge in [-0.15, -0.1) is 0 Å². The van der Waals surface area contributed by atoms with Gasteiger partial charge in [-0.2, -0.15) is 5.10 Å². The van der Waals surface area contributed by atoms with Crippen LogP contribution in [0.1, 0.15) is 23.6 Å². The molecule has 0 aliphatic heterocycles. The molecule has 30 heavy (non-hydrogen) atoms. The minimum absolute atomic E-state index is 0.220. The monoisotopic (exact) mass is 465 g/mol. The van der Waals surface area contributed by atoms with E-state index in [2.05, 4.69) is 31.8 Å². The average molecular weight is 466 g/mol. The quantitative estimate of drug-likeness (QED) is 0.351. The van der Waals surface area contributed by atoms with Crippen LogP contribution >= 0.6 is 15.9 Å². The maximum atomic E-state index is 12.4. The Morgan fingerprint density at radius 2 is 1.87 bits per heavy atom. The Balaban J connectivity index is 1.58. The van der Waals surface area contributed by atoms with Gasteiger partial charge in [-0.05, 0) is 55.3 Å². The summed E-state index contributed by atoms with van der Waals surface area (Å²) >= 11 is 3.46. The number of hydrogen-bond acceptors (Lipinski definition) is 4. The number of carbonyl (C=O) groups excluding carboxylic acids is 1. The Bertz CT molecular complexity index is 1040. The van der Waals surface area contributed by atoms with E-state index in [0.717, 1.165) is 26.9 Å². The van der Waals surface area contributed by atoms with Crippen LogP contribution in [0.2, 0.25) is 0 Å². The maximum Gasteiger partial charge on any atom is 0.262 e. The number of rotatable bonds is 8. The van der Waals surface area contributed by atoms with Crippen LogP contribution in [0.15, 0.2) is 82.4 Å².